The van der Waals surface area contributed by atoms with E-state index in [4.69, 9.17) is 18.9 Å². The van der Waals surface area contributed by atoms with Crippen LogP contribution >= 0.6 is 0 Å². The number of rotatable bonds is 13. The van der Waals surface area contributed by atoms with Crippen molar-refractivity contribution >= 4 is 11.6 Å². The molecule has 0 aromatic heterocycles. The summed E-state index contributed by atoms with van der Waals surface area (Å²) in [6.45, 7) is 11.2. The molecule has 46 heavy (non-hydrogen) atoms. The van der Waals surface area contributed by atoms with Gasteiger partial charge in [-0.3, -0.25) is 4.79 Å². The van der Waals surface area contributed by atoms with Gasteiger partial charge in [0.15, 0.2) is 0 Å². The van der Waals surface area contributed by atoms with E-state index in [0.717, 1.165) is 82.1 Å². The zero-order chi connectivity index (χ0) is 32.7. The molecule has 254 valence electrons. The van der Waals surface area contributed by atoms with Gasteiger partial charge >= 0.3 is 0 Å². The third kappa shape index (κ3) is 8.97. The number of carbonyl (C=O) groups is 1. The number of piperidine rings is 1. The first kappa shape index (κ1) is 34.5. The average molecular weight is 644 g/mol. The standard InChI is InChI=1S/C36H51F2N3O5/c1-35(2,34(42)40-21-25-10-14-44-15-11-25)20-30-7-8-31(22-39-30)45-23-26-6-9-33-32(16-26)41(12-5-13-43-4)24-36(3,46-33)27-17-28(37)19-29(38)18-27/h6,9,16-19,25,30-31,39H,5,7-8,10-15,20-24H2,1-4H3,(H,40,42)/t30-,31+,36?/m0/s1. The summed E-state index contributed by atoms with van der Waals surface area (Å²) in [4.78, 5) is 15.2. The number of carbonyl (C=O) groups excluding carboxylic acids is 1. The van der Waals surface area contributed by atoms with E-state index in [0.29, 0.717) is 43.5 Å². The Kier molecular flexibility index (Phi) is 11.6. The van der Waals surface area contributed by atoms with Crippen LogP contribution < -0.4 is 20.3 Å². The van der Waals surface area contributed by atoms with Crippen molar-refractivity contribution in [3.8, 4) is 5.75 Å². The number of hydrogen-bond donors (Lipinski definition) is 2. The van der Waals surface area contributed by atoms with E-state index >= 15 is 0 Å². The molecular weight excluding hydrogens is 592 g/mol. The zero-order valence-electron chi connectivity index (χ0n) is 27.8. The molecule has 2 N–H and O–H groups in total. The van der Waals surface area contributed by atoms with Crippen molar-refractivity contribution in [1.82, 2.24) is 10.6 Å². The highest BCUT2D eigenvalue weighted by Crippen LogP contribution is 2.42. The summed E-state index contributed by atoms with van der Waals surface area (Å²) >= 11 is 0. The fourth-order valence-corrected chi connectivity index (χ4v) is 6.87. The average Bonchev–Trinajstić information content (AvgIpc) is 3.03. The zero-order valence-corrected chi connectivity index (χ0v) is 27.8. The van der Waals surface area contributed by atoms with E-state index in [-0.39, 0.29) is 18.1 Å². The van der Waals surface area contributed by atoms with Crippen LogP contribution in [0.5, 0.6) is 5.75 Å². The van der Waals surface area contributed by atoms with Crippen LogP contribution in [-0.2, 0) is 31.2 Å². The molecule has 0 aliphatic carbocycles. The van der Waals surface area contributed by atoms with E-state index < -0.39 is 22.7 Å². The highest BCUT2D eigenvalue weighted by molar-refractivity contribution is 5.81. The van der Waals surface area contributed by atoms with Gasteiger partial charge in [-0.25, -0.2) is 8.78 Å². The number of nitrogens with one attached hydrogen (secondary N) is 2. The van der Waals surface area contributed by atoms with E-state index in [1.807, 2.05) is 32.9 Å². The number of ether oxygens (including phenoxy) is 4. The molecule has 3 heterocycles. The molecule has 0 radical (unpaired) electrons. The lowest BCUT2D eigenvalue weighted by Gasteiger charge is -2.43. The molecule has 2 aromatic rings. The molecule has 5 rings (SSSR count). The van der Waals surface area contributed by atoms with Gasteiger partial charge in [0.2, 0.25) is 5.91 Å². The summed E-state index contributed by atoms with van der Waals surface area (Å²) in [5.74, 6) is 0.0501. The molecular formula is C36H51F2N3O5. The van der Waals surface area contributed by atoms with Crippen molar-refractivity contribution in [2.45, 2.75) is 83.6 Å². The van der Waals surface area contributed by atoms with Crippen LogP contribution in [0.2, 0.25) is 0 Å². The lowest BCUT2D eigenvalue weighted by molar-refractivity contribution is -0.130. The first-order chi connectivity index (χ1) is 22.0. The Bertz CT molecular complexity index is 1290. The van der Waals surface area contributed by atoms with Crippen LogP contribution in [0.15, 0.2) is 36.4 Å². The third-order valence-electron chi connectivity index (χ3n) is 9.66. The molecule has 1 unspecified atom stereocenters. The first-order valence-electron chi connectivity index (χ1n) is 16.8. The lowest BCUT2D eigenvalue weighted by atomic mass is 9.82. The Morgan fingerprint density at radius 3 is 2.57 bits per heavy atom. The van der Waals surface area contributed by atoms with E-state index in [1.54, 1.807) is 7.11 Å². The Morgan fingerprint density at radius 1 is 1.11 bits per heavy atom. The fraction of sp³-hybridized carbons (Fsp3) is 0.639. The summed E-state index contributed by atoms with van der Waals surface area (Å²) in [6.07, 6.45) is 5.56. The topological polar surface area (TPSA) is 81.3 Å². The second-order valence-corrected chi connectivity index (χ2v) is 14.0. The lowest BCUT2D eigenvalue weighted by Crippen LogP contribution is -2.48. The number of anilines is 1. The number of fused-ring (bicyclic) bond motifs is 1. The third-order valence-corrected chi connectivity index (χ3v) is 9.66. The Hall–Kier alpha value is -2.79. The number of halogens is 2. The highest BCUT2D eigenvalue weighted by atomic mass is 19.1. The highest BCUT2D eigenvalue weighted by Gasteiger charge is 2.38. The minimum absolute atomic E-state index is 0.0814. The van der Waals surface area contributed by atoms with Gasteiger partial charge in [0.05, 0.1) is 24.9 Å². The molecule has 0 spiro atoms. The number of hydrogen-bond acceptors (Lipinski definition) is 7. The van der Waals surface area contributed by atoms with Crippen LogP contribution in [-0.4, -0.2) is 71.2 Å². The Labute approximate surface area is 272 Å². The molecule has 10 heteroatoms. The molecule has 2 aromatic carbocycles. The number of nitrogens with zero attached hydrogens (tertiary/aromatic N) is 1. The number of amides is 1. The Morgan fingerprint density at radius 2 is 1.87 bits per heavy atom. The molecule has 2 fully saturated rings. The first-order valence-corrected chi connectivity index (χ1v) is 16.8. The maximum absolute atomic E-state index is 14.1. The summed E-state index contributed by atoms with van der Waals surface area (Å²) in [5.41, 5.74) is 1.05. The van der Waals surface area contributed by atoms with E-state index in [1.165, 1.54) is 12.1 Å². The van der Waals surface area contributed by atoms with Crippen molar-refractivity contribution in [3.63, 3.8) is 0 Å². The summed E-state index contributed by atoms with van der Waals surface area (Å²) in [5, 5.41) is 6.81. The van der Waals surface area contributed by atoms with Crippen LogP contribution in [0.25, 0.3) is 0 Å². The van der Waals surface area contributed by atoms with E-state index in [2.05, 4.69) is 21.6 Å². The van der Waals surface area contributed by atoms with Gasteiger partial charge in [0.25, 0.3) is 0 Å². The molecule has 3 atom stereocenters. The van der Waals surface area contributed by atoms with Crippen LogP contribution in [0.1, 0.15) is 70.4 Å². The Balaban J connectivity index is 1.14. The molecule has 2 saturated heterocycles. The minimum atomic E-state index is -0.925. The van der Waals surface area contributed by atoms with Gasteiger partial charge in [-0.2, -0.15) is 0 Å². The summed E-state index contributed by atoms with van der Waals surface area (Å²) in [7, 11) is 1.68. The second kappa shape index (κ2) is 15.4. The predicted octanol–water partition coefficient (Wildman–Crippen LogP) is 5.71. The molecule has 1 amide bonds. The molecule has 3 aliphatic rings. The van der Waals surface area contributed by atoms with E-state index in [9.17, 15) is 13.6 Å². The smallest absolute Gasteiger partial charge is 0.225 e. The quantitative estimate of drug-likeness (QED) is 0.271. The maximum atomic E-state index is 14.1. The van der Waals surface area contributed by atoms with Crippen molar-refractivity contribution in [1.29, 1.82) is 0 Å². The van der Waals surface area contributed by atoms with Gasteiger partial charge < -0.3 is 34.5 Å². The van der Waals surface area contributed by atoms with Gasteiger partial charge in [0, 0.05) is 69.7 Å². The van der Waals surface area contributed by atoms with Crippen LogP contribution in [0, 0.1) is 23.0 Å². The largest absolute Gasteiger partial charge is 0.479 e. The van der Waals surface area contributed by atoms with Crippen LogP contribution in [0.4, 0.5) is 14.5 Å². The molecule has 8 nitrogen and oxygen atoms in total. The fourth-order valence-electron chi connectivity index (χ4n) is 6.87. The monoisotopic (exact) mass is 643 g/mol. The number of methoxy groups -OCH3 is 1. The van der Waals surface area contributed by atoms with Crippen LogP contribution in [0.3, 0.4) is 0 Å². The minimum Gasteiger partial charge on any atom is -0.479 e. The van der Waals surface area contributed by atoms with Gasteiger partial charge in [-0.15, -0.1) is 0 Å². The van der Waals surface area contributed by atoms with Crippen molar-refractivity contribution in [2.24, 2.45) is 11.3 Å². The normalized spacial score (nSPS) is 23.9. The summed E-state index contributed by atoms with van der Waals surface area (Å²) in [6, 6.07) is 9.84. The SMILES string of the molecule is COCCCN1CC(C)(c2cc(F)cc(F)c2)Oc2ccc(CO[C@@H]3CC[C@@H](CC(C)(C)C(=O)NCC4CCOCC4)NC3)cc21. The molecule has 0 bridgehead atoms. The molecule has 3 aliphatic heterocycles. The summed E-state index contributed by atoms with van der Waals surface area (Å²) < 4.78 is 51.8. The molecule has 0 saturated carbocycles. The number of benzene rings is 2. The van der Waals surface area contributed by atoms with Gasteiger partial charge in [-0.1, -0.05) is 19.9 Å². The van der Waals surface area contributed by atoms with Crippen molar-refractivity contribution in [2.75, 3.05) is 58.0 Å². The van der Waals surface area contributed by atoms with Gasteiger partial charge in [-0.05, 0) is 81.2 Å². The van der Waals surface area contributed by atoms with Crippen molar-refractivity contribution < 1.29 is 32.5 Å². The van der Waals surface area contributed by atoms with Crippen molar-refractivity contribution in [3.05, 3.63) is 59.2 Å². The maximum Gasteiger partial charge on any atom is 0.225 e. The van der Waals surface area contributed by atoms with Gasteiger partial charge in [0.1, 0.15) is 23.0 Å². The second-order valence-electron chi connectivity index (χ2n) is 14.0. The predicted molar refractivity (Wildman–Crippen MR) is 174 cm³/mol.